The predicted octanol–water partition coefficient (Wildman–Crippen LogP) is 6.12. The van der Waals surface area contributed by atoms with E-state index in [1.807, 2.05) is 12.1 Å². The molecule has 22 heavy (non-hydrogen) atoms. The van der Waals surface area contributed by atoms with Crippen LogP contribution in [0.4, 0.5) is 0 Å². The first-order chi connectivity index (χ1) is 10.6. The molecule has 0 amide bonds. The van der Waals surface area contributed by atoms with Crippen molar-refractivity contribution in [1.82, 2.24) is 0 Å². The summed E-state index contributed by atoms with van der Waals surface area (Å²) in [6.07, 6.45) is 7.94. The Morgan fingerprint density at radius 1 is 0.864 bits per heavy atom. The molecule has 1 rings (SSSR count). The Morgan fingerprint density at radius 3 is 1.59 bits per heavy atom. The van der Waals surface area contributed by atoms with Gasteiger partial charge in [-0.05, 0) is 0 Å². The van der Waals surface area contributed by atoms with Crippen LogP contribution in [0.5, 0.6) is 0 Å². The van der Waals surface area contributed by atoms with Crippen LogP contribution in [-0.2, 0) is 0 Å². The molecule has 0 N–H and O–H groups in total. The van der Waals surface area contributed by atoms with E-state index >= 15 is 0 Å². The van der Waals surface area contributed by atoms with Crippen molar-refractivity contribution in [3.8, 4) is 0 Å². The summed E-state index contributed by atoms with van der Waals surface area (Å²) in [5.41, 5.74) is 0.632. The number of carbonyl (C=O) groups excluding carboxylic acids is 1. The average Bonchev–Trinajstić information content (AvgIpc) is 2.54. The molecular formula is C19H31ClOSn. The molecule has 3 heteroatoms. The van der Waals surface area contributed by atoms with Crippen LogP contribution in [0.2, 0.25) is 13.3 Å². The summed E-state index contributed by atoms with van der Waals surface area (Å²) >= 11 is 3.27. The number of halogens is 1. The Labute approximate surface area is 145 Å². The average molecular weight is 430 g/mol. The van der Waals surface area contributed by atoms with Gasteiger partial charge in [-0.25, -0.2) is 0 Å². The van der Waals surface area contributed by atoms with Crippen molar-refractivity contribution in [2.24, 2.45) is 0 Å². The van der Waals surface area contributed by atoms with E-state index in [9.17, 15) is 4.79 Å². The second-order valence-electron chi connectivity index (χ2n) is 6.44. The van der Waals surface area contributed by atoms with Crippen LogP contribution in [0.1, 0.15) is 69.7 Å². The normalized spacial score (nSPS) is 11.6. The summed E-state index contributed by atoms with van der Waals surface area (Å²) < 4.78 is 5.98. The fourth-order valence-corrected chi connectivity index (χ4v) is 19.4. The van der Waals surface area contributed by atoms with Crippen molar-refractivity contribution >= 4 is 38.8 Å². The molecule has 0 heterocycles. The molecule has 0 aromatic heterocycles. The third kappa shape index (κ3) is 5.88. The number of benzene rings is 1. The Hall–Kier alpha value is -0.0213. The molecule has 1 aromatic rings. The molecule has 0 fully saturated rings. The van der Waals surface area contributed by atoms with Crippen molar-refractivity contribution in [2.45, 2.75) is 72.6 Å². The first kappa shape index (κ1) is 20.0. The minimum atomic E-state index is -2.33. The van der Waals surface area contributed by atoms with E-state index in [1.165, 1.54) is 51.8 Å². The van der Waals surface area contributed by atoms with Gasteiger partial charge in [0, 0.05) is 0 Å². The van der Waals surface area contributed by atoms with Gasteiger partial charge >= 0.3 is 146 Å². The van der Waals surface area contributed by atoms with Gasteiger partial charge in [0.15, 0.2) is 0 Å². The summed E-state index contributed by atoms with van der Waals surface area (Å²) in [5.74, 6) is 0. The standard InChI is InChI=1S/C7H4ClO.3C4H9.Sn/c8-7(9)6-4-2-1-3-5-6;3*1-3-4-2;/h2-5H;3*1,3-4H2,2H3;. The van der Waals surface area contributed by atoms with E-state index < -0.39 is 18.4 Å². The molecule has 0 spiro atoms. The van der Waals surface area contributed by atoms with Crippen LogP contribution < -0.4 is 3.58 Å². The van der Waals surface area contributed by atoms with Gasteiger partial charge in [0.05, 0.1) is 0 Å². The fraction of sp³-hybridized carbons (Fsp3) is 0.632. The molecule has 0 unspecified atom stereocenters. The van der Waals surface area contributed by atoms with Gasteiger partial charge in [-0.3, -0.25) is 0 Å². The first-order valence-corrected chi connectivity index (χ1v) is 16.8. The Kier molecular flexibility index (Phi) is 9.74. The second-order valence-corrected chi connectivity index (χ2v) is 20.0. The van der Waals surface area contributed by atoms with Crippen molar-refractivity contribution in [3.05, 3.63) is 29.8 Å². The molecule has 0 bridgehead atoms. The summed E-state index contributed by atoms with van der Waals surface area (Å²) in [4.78, 5) is 11.3. The molecular weight excluding hydrogens is 398 g/mol. The third-order valence-corrected chi connectivity index (χ3v) is 20.6. The van der Waals surface area contributed by atoms with Crippen molar-refractivity contribution in [3.63, 3.8) is 0 Å². The number of unbranched alkanes of at least 4 members (excludes halogenated alkanes) is 3. The topological polar surface area (TPSA) is 17.1 Å². The molecule has 0 aliphatic carbocycles. The quantitative estimate of drug-likeness (QED) is 0.306. The van der Waals surface area contributed by atoms with Crippen LogP contribution in [0.15, 0.2) is 24.3 Å². The Balaban J connectivity index is 3.09. The van der Waals surface area contributed by atoms with E-state index in [-0.39, 0.29) is 5.24 Å². The number of rotatable bonds is 11. The zero-order valence-electron chi connectivity index (χ0n) is 14.5. The minimum absolute atomic E-state index is 0.344. The monoisotopic (exact) mass is 430 g/mol. The van der Waals surface area contributed by atoms with Gasteiger partial charge in [0.1, 0.15) is 0 Å². The summed E-state index contributed by atoms with van der Waals surface area (Å²) in [6.45, 7) is 6.89. The number of hydrogen-bond donors (Lipinski definition) is 0. The molecule has 0 saturated carbocycles. The van der Waals surface area contributed by atoms with Crippen LogP contribution in [0.3, 0.4) is 0 Å². The zero-order valence-corrected chi connectivity index (χ0v) is 18.1. The SMILES string of the molecule is CCC[CH2][Sn]([CH2]CCC)([CH2]CCC)[c]1ccc(C(=O)Cl)cc1. The van der Waals surface area contributed by atoms with Crippen LogP contribution in [-0.4, -0.2) is 23.6 Å². The number of carbonyl (C=O) groups is 1. The molecule has 0 aliphatic rings. The first-order valence-electron chi connectivity index (χ1n) is 8.90. The molecule has 0 atom stereocenters. The van der Waals surface area contributed by atoms with E-state index in [1.54, 1.807) is 3.58 Å². The fourth-order valence-electron chi connectivity index (χ4n) is 3.31. The molecule has 0 radical (unpaired) electrons. The van der Waals surface area contributed by atoms with Gasteiger partial charge in [-0.2, -0.15) is 0 Å². The van der Waals surface area contributed by atoms with Crippen LogP contribution in [0, 0.1) is 0 Å². The third-order valence-electron chi connectivity index (χ3n) is 4.75. The Morgan fingerprint density at radius 2 is 1.27 bits per heavy atom. The van der Waals surface area contributed by atoms with Gasteiger partial charge in [0.2, 0.25) is 0 Å². The maximum atomic E-state index is 11.3. The molecule has 1 nitrogen and oxygen atoms in total. The second kappa shape index (κ2) is 10.7. The van der Waals surface area contributed by atoms with Crippen LogP contribution >= 0.6 is 11.6 Å². The zero-order chi connectivity index (χ0) is 16.4. The van der Waals surface area contributed by atoms with Crippen molar-refractivity contribution in [2.75, 3.05) is 0 Å². The Bertz CT molecular complexity index is 419. The van der Waals surface area contributed by atoms with Gasteiger partial charge in [-0.15, -0.1) is 0 Å². The number of hydrogen-bond acceptors (Lipinski definition) is 1. The van der Waals surface area contributed by atoms with E-state index in [0.29, 0.717) is 5.56 Å². The molecule has 124 valence electrons. The molecule has 1 aromatic carbocycles. The van der Waals surface area contributed by atoms with Crippen molar-refractivity contribution < 1.29 is 4.79 Å². The van der Waals surface area contributed by atoms with Gasteiger partial charge in [0.25, 0.3) is 0 Å². The van der Waals surface area contributed by atoms with Gasteiger partial charge in [-0.1, -0.05) is 0 Å². The van der Waals surface area contributed by atoms with Crippen molar-refractivity contribution in [1.29, 1.82) is 0 Å². The summed E-state index contributed by atoms with van der Waals surface area (Å²) in [7, 11) is 0. The molecule has 0 saturated heterocycles. The summed E-state index contributed by atoms with van der Waals surface area (Å²) in [6, 6.07) is 8.35. The van der Waals surface area contributed by atoms with E-state index in [2.05, 4.69) is 32.9 Å². The van der Waals surface area contributed by atoms with Gasteiger partial charge < -0.3 is 0 Å². The molecule has 0 aliphatic heterocycles. The predicted molar refractivity (Wildman–Crippen MR) is 101 cm³/mol. The van der Waals surface area contributed by atoms with E-state index in [0.717, 1.165) is 0 Å². The summed E-state index contributed by atoms with van der Waals surface area (Å²) in [5, 5.41) is -0.344. The van der Waals surface area contributed by atoms with E-state index in [4.69, 9.17) is 11.6 Å². The van der Waals surface area contributed by atoms with Crippen LogP contribution in [0.25, 0.3) is 0 Å². The maximum absolute atomic E-state index is 11.3.